The molecule has 34 heavy (non-hydrogen) atoms. The highest BCUT2D eigenvalue weighted by molar-refractivity contribution is 5.93. The van der Waals surface area contributed by atoms with Crippen molar-refractivity contribution in [3.8, 4) is 16.9 Å². The topological polar surface area (TPSA) is 77.6 Å². The molecule has 1 N–H and O–H groups in total. The van der Waals surface area contributed by atoms with Gasteiger partial charge in [0.2, 0.25) is 0 Å². The first-order valence-corrected chi connectivity index (χ1v) is 10.8. The lowest BCUT2D eigenvalue weighted by Crippen LogP contribution is -2.33. The molecule has 3 aromatic heterocycles. The maximum absolute atomic E-state index is 13.2. The zero-order chi connectivity index (χ0) is 23.9. The molecule has 1 unspecified atom stereocenters. The third-order valence-corrected chi connectivity index (χ3v) is 5.75. The van der Waals surface area contributed by atoms with Gasteiger partial charge >= 0.3 is 6.18 Å². The molecule has 0 radical (unpaired) electrons. The molecule has 1 amide bonds. The number of nitrogens with zero attached hydrogens (tertiary/aromatic N) is 5. The molecule has 1 atom stereocenters. The van der Waals surface area contributed by atoms with Crippen LogP contribution in [-0.4, -0.2) is 30.5 Å². The van der Waals surface area contributed by atoms with Crippen molar-refractivity contribution < 1.29 is 18.0 Å². The summed E-state index contributed by atoms with van der Waals surface area (Å²) in [6, 6.07) is 15.0. The number of aryl methyl sites for hydroxylation is 2. The van der Waals surface area contributed by atoms with E-state index >= 15 is 0 Å². The Morgan fingerprint density at radius 1 is 1.09 bits per heavy atom. The number of pyridine rings is 1. The minimum atomic E-state index is -4.54. The minimum Gasteiger partial charge on any atom is -0.342 e. The number of hydrogen-bond donors (Lipinski definition) is 1. The van der Waals surface area contributed by atoms with Gasteiger partial charge in [-0.05, 0) is 56.2 Å². The van der Waals surface area contributed by atoms with Crippen LogP contribution in [0.4, 0.5) is 13.2 Å². The average Bonchev–Trinajstić information content (AvgIpc) is 3.44. The molecular formula is C24H21F3N6O. The number of halogens is 3. The molecule has 0 saturated carbocycles. The monoisotopic (exact) mass is 466 g/mol. The summed E-state index contributed by atoms with van der Waals surface area (Å²) < 4.78 is 42.6. The third-order valence-electron chi connectivity index (χ3n) is 5.75. The van der Waals surface area contributed by atoms with Gasteiger partial charge in [0.05, 0.1) is 28.8 Å². The van der Waals surface area contributed by atoms with Crippen molar-refractivity contribution in [2.24, 2.45) is 0 Å². The molecular weight excluding hydrogens is 445 g/mol. The van der Waals surface area contributed by atoms with Gasteiger partial charge in [-0.25, -0.2) is 4.68 Å². The number of aromatic nitrogens is 5. The van der Waals surface area contributed by atoms with Crippen LogP contribution in [0.15, 0.2) is 60.8 Å². The summed E-state index contributed by atoms with van der Waals surface area (Å²) in [6.45, 7) is 2.45. The van der Waals surface area contributed by atoms with Crippen LogP contribution in [0.2, 0.25) is 0 Å². The Morgan fingerprint density at radius 2 is 1.88 bits per heavy atom. The van der Waals surface area contributed by atoms with Gasteiger partial charge in [-0.2, -0.15) is 23.4 Å². The van der Waals surface area contributed by atoms with Crippen LogP contribution in [0.5, 0.6) is 0 Å². The summed E-state index contributed by atoms with van der Waals surface area (Å²) in [5.41, 5.74) is 2.41. The van der Waals surface area contributed by atoms with Gasteiger partial charge in [-0.3, -0.25) is 14.5 Å². The molecule has 0 aliphatic carbocycles. The number of carbonyl (C=O) groups is 1. The number of amides is 1. The summed E-state index contributed by atoms with van der Waals surface area (Å²) in [4.78, 5) is 16.6. The van der Waals surface area contributed by atoms with Crippen LogP contribution in [0, 0.1) is 6.92 Å². The van der Waals surface area contributed by atoms with E-state index in [9.17, 15) is 18.0 Å². The fraction of sp³-hybridized carbons (Fsp3) is 0.250. The highest BCUT2D eigenvalue weighted by Gasteiger charge is 2.33. The molecule has 4 aromatic rings. The highest BCUT2D eigenvalue weighted by Crippen LogP contribution is 2.33. The Labute approximate surface area is 193 Å². The molecule has 0 saturated heterocycles. The van der Waals surface area contributed by atoms with Crippen molar-refractivity contribution in [1.29, 1.82) is 0 Å². The molecule has 174 valence electrons. The number of fused-ring (bicyclic) bond motifs is 1. The van der Waals surface area contributed by atoms with Gasteiger partial charge in [0.1, 0.15) is 11.4 Å². The number of nitrogens with one attached hydrogen (secondary N) is 1. The third kappa shape index (κ3) is 4.18. The fourth-order valence-corrected chi connectivity index (χ4v) is 4.18. The number of rotatable bonds is 4. The maximum atomic E-state index is 13.2. The Kier molecular flexibility index (Phi) is 5.43. The zero-order valence-electron chi connectivity index (χ0n) is 18.3. The van der Waals surface area contributed by atoms with Crippen molar-refractivity contribution >= 4 is 5.91 Å². The predicted octanol–water partition coefficient (Wildman–Crippen LogP) is 4.72. The minimum absolute atomic E-state index is 0.283. The van der Waals surface area contributed by atoms with Gasteiger partial charge in [0.25, 0.3) is 5.91 Å². The predicted molar refractivity (Wildman–Crippen MR) is 118 cm³/mol. The smallest absolute Gasteiger partial charge is 0.342 e. The van der Waals surface area contributed by atoms with Crippen LogP contribution < -0.4 is 5.32 Å². The van der Waals surface area contributed by atoms with Crippen molar-refractivity contribution in [2.45, 2.75) is 38.5 Å². The first kappa shape index (κ1) is 21.9. The number of alkyl halides is 3. The van der Waals surface area contributed by atoms with E-state index in [0.29, 0.717) is 35.6 Å². The van der Waals surface area contributed by atoms with Crippen molar-refractivity contribution in [3.05, 3.63) is 83.6 Å². The summed E-state index contributed by atoms with van der Waals surface area (Å²) in [7, 11) is 0. The molecule has 4 heterocycles. The van der Waals surface area contributed by atoms with E-state index in [0.717, 1.165) is 30.1 Å². The second kappa shape index (κ2) is 8.44. The first-order chi connectivity index (χ1) is 16.3. The van der Waals surface area contributed by atoms with E-state index in [1.165, 1.54) is 6.07 Å². The lowest BCUT2D eigenvalue weighted by atomic mass is 10.0. The molecule has 1 aliphatic rings. The molecule has 0 spiro atoms. The standard InChI is InChI=1S/C24H21F3N6O/c1-15-12-21(33(30-15)17-6-3-2-4-7-17)23(34)29-18-8-5-11-32-20(18)14-19(31-32)16-9-10-28-22(13-16)24(25,26)27/h2-4,6-7,9-10,12-14,18H,5,8,11H2,1H3,(H,29,34). The molecule has 0 bridgehead atoms. The van der Waals surface area contributed by atoms with Crippen LogP contribution in [-0.2, 0) is 12.7 Å². The van der Waals surface area contributed by atoms with Crippen molar-refractivity contribution in [1.82, 2.24) is 29.9 Å². The fourth-order valence-electron chi connectivity index (χ4n) is 4.18. The molecule has 1 aliphatic heterocycles. The number of benzene rings is 1. The van der Waals surface area contributed by atoms with Gasteiger partial charge in [0, 0.05) is 18.3 Å². The average molecular weight is 466 g/mol. The van der Waals surface area contributed by atoms with Gasteiger partial charge in [-0.15, -0.1) is 0 Å². The lowest BCUT2D eigenvalue weighted by Gasteiger charge is -2.24. The zero-order valence-corrected chi connectivity index (χ0v) is 18.3. The van der Waals surface area contributed by atoms with E-state index in [1.807, 2.05) is 37.3 Å². The molecule has 10 heteroatoms. The van der Waals surface area contributed by atoms with Gasteiger partial charge in [0.15, 0.2) is 0 Å². The Bertz CT molecular complexity index is 1340. The van der Waals surface area contributed by atoms with E-state index in [2.05, 4.69) is 20.5 Å². The van der Waals surface area contributed by atoms with Crippen LogP contribution in [0.3, 0.4) is 0 Å². The van der Waals surface area contributed by atoms with Crippen molar-refractivity contribution in [2.75, 3.05) is 0 Å². The van der Waals surface area contributed by atoms with Crippen LogP contribution in [0.1, 0.15) is 46.5 Å². The van der Waals surface area contributed by atoms with Gasteiger partial charge in [-0.1, -0.05) is 18.2 Å². The van der Waals surface area contributed by atoms with Crippen LogP contribution >= 0.6 is 0 Å². The number of para-hydroxylation sites is 1. The van der Waals surface area contributed by atoms with E-state index in [-0.39, 0.29) is 11.9 Å². The van der Waals surface area contributed by atoms with Crippen molar-refractivity contribution in [3.63, 3.8) is 0 Å². The molecule has 5 rings (SSSR count). The first-order valence-electron chi connectivity index (χ1n) is 10.8. The molecule has 0 fully saturated rings. The normalized spacial score (nSPS) is 15.7. The highest BCUT2D eigenvalue weighted by atomic mass is 19.4. The van der Waals surface area contributed by atoms with E-state index in [1.54, 1.807) is 21.5 Å². The number of carbonyl (C=O) groups excluding carboxylic acids is 1. The maximum Gasteiger partial charge on any atom is 0.433 e. The summed E-state index contributed by atoms with van der Waals surface area (Å²) in [5, 5.41) is 12.0. The van der Waals surface area contributed by atoms with E-state index < -0.39 is 11.9 Å². The quantitative estimate of drug-likeness (QED) is 0.472. The Hall–Kier alpha value is -3.95. The Balaban J connectivity index is 1.43. The summed E-state index contributed by atoms with van der Waals surface area (Å²) >= 11 is 0. The summed E-state index contributed by atoms with van der Waals surface area (Å²) in [5.74, 6) is -0.283. The second-order valence-electron chi connectivity index (χ2n) is 8.19. The molecule has 7 nitrogen and oxygen atoms in total. The lowest BCUT2D eigenvalue weighted by molar-refractivity contribution is -0.141. The second-order valence-corrected chi connectivity index (χ2v) is 8.19. The number of hydrogen-bond acceptors (Lipinski definition) is 4. The largest absolute Gasteiger partial charge is 0.433 e. The van der Waals surface area contributed by atoms with Gasteiger partial charge < -0.3 is 5.32 Å². The summed E-state index contributed by atoms with van der Waals surface area (Å²) in [6.07, 6.45) is -1.94. The van der Waals surface area contributed by atoms with Crippen LogP contribution in [0.25, 0.3) is 16.9 Å². The Morgan fingerprint density at radius 3 is 2.65 bits per heavy atom. The van der Waals surface area contributed by atoms with E-state index in [4.69, 9.17) is 0 Å². The SMILES string of the molecule is Cc1cc(C(=O)NC2CCCn3nc(-c4ccnc(C(F)(F)F)c4)cc32)n(-c2ccccc2)n1. The molecule has 1 aromatic carbocycles.